The van der Waals surface area contributed by atoms with Crippen molar-refractivity contribution >= 4 is 11.6 Å². The number of unbranched alkanes of at least 4 members (excludes halogenated alkanes) is 13. The van der Waals surface area contributed by atoms with Crippen LogP contribution in [0.5, 0.6) is 0 Å². The topological polar surface area (TPSA) is 17.8 Å². The third kappa shape index (κ3) is 9.68. The third-order valence-electron chi connectivity index (χ3n) is 5.35. The van der Waals surface area contributed by atoms with Crippen molar-refractivity contribution in [3.05, 3.63) is 17.2 Å². The van der Waals surface area contributed by atoms with Crippen molar-refractivity contribution in [2.45, 2.75) is 123 Å². The van der Waals surface area contributed by atoms with E-state index in [-0.39, 0.29) is 0 Å². The quantitative estimate of drug-likeness (QED) is 0.215. The van der Waals surface area contributed by atoms with Crippen LogP contribution >= 0.6 is 11.6 Å². The second-order valence-corrected chi connectivity index (χ2v) is 7.82. The highest BCUT2D eigenvalue weighted by molar-refractivity contribution is 6.15. The lowest BCUT2D eigenvalue weighted by molar-refractivity contribution is 0.534. The summed E-state index contributed by atoms with van der Waals surface area (Å²) in [7, 11) is 0. The minimum Gasteiger partial charge on any atom is -0.318 e. The molecule has 2 nitrogen and oxygen atoms in total. The summed E-state index contributed by atoms with van der Waals surface area (Å²) in [4.78, 5) is 4.54. The first-order chi connectivity index (χ1) is 12.2. The average Bonchev–Trinajstić information content (AvgIpc) is 2.88. The van der Waals surface area contributed by atoms with Gasteiger partial charge in [-0.25, -0.2) is 4.98 Å². The molecule has 1 rings (SSSR count). The van der Waals surface area contributed by atoms with E-state index in [0.29, 0.717) is 6.00 Å². The fourth-order valence-electron chi connectivity index (χ4n) is 3.72. The van der Waals surface area contributed by atoms with E-state index >= 15 is 0 Å². The van der Waals surface area contributed by atoms with E-state index in [9.17, 15) is 0 Å². The first kappa shape index (κ1) is 22.5. The number of rotatable bonds is 16. The number of halogens is 1. The Morgan fingerprint density at radius 3 is 1.60 bits per heavy atom. The molecule has 0 aromatic carbocycles. The Bertz CT molecular complexity index is 439. The van der Waals surface area contributed by atoms with Gasteiger partial charge in [0.15, 0.2) is 0 Å². The number of nitrogens with zero attached hydrogens (tertiary/aromatic N) is 2. The zero-order valence-corrected chi connectivity index (χ0v) is 17.8. The number of hydrogen-bond acceptors (Lipinski definition) is 1. The van der Waals surface area contributed by atoms with Gasteiger partial charge in [0.05, 0.1) is 11.7 Å². The van der Waals surface area contributed by atoms with Crippen LogP contribution in [0.3, 0.4) is 0 Å². The summed E-state index contributed by atoms with van der Waals surface area (Å²) in [5.74, 6) is 1.05. The normalized spacial score (nSPS) is 11.4. The number of hydrogen-bond donors (Lipinski definition) is 0. The van der Waals surface area contributed by atoms with Gasteiger partial charge < -0.3 is 4.57 Å². The molecule has 1 aromatic rings. The van der Waals surface area contributed by atoms with Crippen LogP contribution < -0.4 is 0 Å². The molecule has 0 aliphatic rings. The standard InChI is InChI=1S/C22H41ClN2/c1-4-5-6-7-8-9-10-11-12-13-14-15-16-17-18-22-20(2)24-21(3)25(22)19-23/h4-19H2,1-3H3. The summed E-state index contributed by atoms with van der Waals surface area (Å²) in [5.41, 5.74) is 2.50. The molecule has 146 valence electrons. The van der Waals surface area contributed by atoms with E-state index < -0.39 is 0 Å². The van der Waals surface area contributed by atoms with Gasteiger partial charge in [-0.15, -0.1) is 11.6 Å². The van der Waals surface area contributed by atoms with Crippen LogP contribution in [0.25, 0.3) is 0 Å². The van der Waals surface area contributed by atoms with Crippen molar-refractivity contribution in [3.8, 4) is 0 Å². The van der Waals surface area contributed by atoms with Crippen LogP contribution in [0.1, 0.15) is 114 Å². The van der Waals surface area contributed by atoms with Crippen molar-refractivity contribution in [2.75, 3.05) is 0 Å². The number of aryl methyl sites for hydroxylation is 2. The molecule has 1 heterocycles. The van der Waals surface area contributed by atoms with E-state index in [1.165, 1.54) is 95.6 Å². The van der Waals surface area contributed by atoms with Gasteiger partial charge in [-0.1, -0.05) is 90.4 Å². The lowest BCUT2D eigenvalue weighted by Gasteiger charge is -2.07. The van der Waals surface area contributed by atoms with Crippen molar-refractivity contribution < 1.29 is 0 Å². The van der Waals surface area contributed by atoms with Crippen molar-refractivity contribution in [2.24, 2.45) is 0 Å². The average molecular weight is 369 g/mol. The van der Waals surface area contributed by atoms with E-state index in [1.54, 1.807) is 0 Å². The molecular formula is C22H41ClN2. The second-order valence-electron chi connectivity index (χ2n) is 7.58. The van der Waals surface area contributed by atoms with E-state index in [1.807, 2.05) is 6.92 Å². The summed E-state index contributed by atoms with van der Waals surface area (Å²) >= 11 is 6.04. The minimum atomic E-state index is 0.528. The lowest BCUT2D eigenvalue weighted by Crippen LogP contribution is -2.02. The highest BCUT2D eigenvalue weighted by Gasteiger charge is 2.09. The Kier molecular flexibility index (Phi) is 13.2. The molecule has 0 fully saturated rings. The number of aromatic nitrogens is 2. The van der Waals surface area contributed by atoms with Crippen LogP contribution in [0.4, 0.5) is 0 Å². The van der Waals surface area contributed by atoms with Gasteiger partial charge in [-0.3, -0.25) is 0 Å². The molecule has 3 heteroatoms. The third-order valence-corrected chi connectivity index (χ3v) is 5.59. The zero-order valence-electron chi connectivity index (χ0n) is 17.1. The molecule has 0 saturated carbocycles. The van der Waals surface area contributed by atoms with E-state index in [2.05, 4.69) is 23.4 Å². The van der Waals surface area contributed by atoms with Gasteiger partial charge in [0.25, 0.3) is 0 Å². The summed E-state index contributed by atoms with van der Waals surface area (Å²) in [6.45, 7) is 6.44. The fraction of sp³-hybridized carbons (Fsp3) is 0.864. The molecule has 0 N–H and O–H groups in total. The van der Waals surface area contributed by atoms with Gasteiger partial charge in [-0.05, 0) is 26.7 Å². The predicted molar refractivity (Wildman–Crippen MR) is 112 cm³/mol. The summed E-state index contributed by atoms with van der Waals surface area (Å²) in [6.07, 6.45) is 20.9. The Labute approximate surface area is 161 Å². The van der Waals surface area contributed by atoms with Crippen molar-refractivity contribution in [1.29, 1.82) is 0 Å². The van der Waals surface area contributed by atoms with E-state index in [4.69, 9.17) is 11.6 Å². The maximum absolute atomic E-state index is 6.04. The molecule has 1 aromatic heterocycles. The SMILES string of the molecule is CCCCCCCCCCCCCCCCc1c(C)nc(C)n1CCl. The highest BCUT2D eigenvalue weighted by Crippen LogP contribution is 2.17. The maximum atomic E-state index is 6.04. The molecule has 0 aliphatic carbocycles. The van der Waals surface area contributed by atoms with Crippen LogP contribution in [0, 0.1) is 13.8 Å². The molecule has 0 unspecified atom stereocenters. The molecule has 0 amide bonds. The predicted octanol–water partition coefficient (Wildman–Crippen LogP) is 7.72. The largest absolute Gasteiger partial charge is 0.318 e. The van der Waals surface area contributed by atoms with Gasteiger partial charge in [-0.2, -0.15) is 0 Å². The molecule has 0 bridgehead atoms. The number of imidazole rings is 1. The molecule has 0 spiro atoms. The molecule has 25 heavy (non-hydrogen) atoms. The fourth-order valence-corrected chi connectivity index (χ4v) is 4.04. The summed E-state index contributed by atoms with van der Waals surface area (Å²) in [6, 6.07) is 0.528. The Morgan fingerprint density at radius 2 is 1.16 bits per heavy atom. The molecule has 0 saturated heterocycles. The first-order valence-electron chi connectivity index (χ1n) is 10.8. The van der Waals surface area contributed by atoms with Gasteiger partial charge >= 0.3 is 0 Å². The molecule has 0 aliphatic heterocycles. The second kappa shape index (κ2) is 14.6. The summed E-state index contributed by atoms with van der Waals surface area (Å²) in [5, 5.41) is 0. The minimum absolute atomic E-state index is 0.528. The number of alkyl halides is 1. The zero-order chi connectivity index (χ0) is 18.3. The summed E-state index contributed by atoms with van der Waals surface area (Å²) < 4.78 is 2.15. The molecular weight excluding hydrogens is 328 g/mol. The van der Waals surface area contributed by atoms with Crippen LogP contribution in [-0.4, -0.2) is 9.55 Å². The Hall–Kier alpha value is -0.500. The van der Waals surface area contributed by atoms with Crippen LogP contribution in [0.15, 0.2) is 0 Å². The first-order valence-corrected chi connectivity index (χ1v) is 11.3. The molecule has 0 radical (unpaired) electrons. The van der Waals surface area contributed by atoms with Crippen LogP contribution in [0.2, 0.25) is 0 Å². The van der Waals surface area contributed by atoms with E-state index in [0.717, 1.165) is 17.9 Å². The smallest absolute Gasteiger partial charge is 0.107 e. The lowest BCUT2D eigenvalue weighted by atomic mass is 10.0. The molecule has 0 atom stereocenters. The van der Waals surface area contributed by atoms with Gasteiger partial charge in [0.2, 0.25) is 0 Å². The Morgan fingerprint density at radius 1 is 0.720 bits per heavy atom. The maximum Gasteiger partial charge on any atom is 0.107 e. The van der Waals surface area contributed by atoms with Gasteiger partial charge in [0, 0.05) is 5.69 Å². The van der Waals surface area contributed by atoms with Crippen molar-refractivity contribution in [3.63, 3.8) is 0 Å². The van der Waals surface area contributed by atoms with Crippen molar-refractivity contribution in [1.82, 2.24) is 9.55 Å². The van der Waals surface area contributed by atoms with Crippen LogP contribution in [-0.2, 0) is 12.4 Å². The highest BCUT2D eigenvalue weighted by atomic mass is 35.5. The van der Waals surface area contributed by atoms with Gasteiger partial charge in [0.1, 0.15) is 5.82 Å². The monoisotopic (exact) mass is 368 g/mol. The Balaban J connectivity index is 1.91.